The van der Waals surface area contributed by atoms with Crippen LogP contribution in [0.5, 0.6) is 5.75 Å². The molecule has 1 aromatic rings. The molecule has 1 N–H and O–H groups in total. The molecular weight excluding hydrogens is 264 g/mol. The first-order chi connectivity index (χ1) is 10.0. The van der Waals surface area contributed by atoms with Crippen LogP contribution >= 0.6 is 0 Å². The Morgan fingerprint density at radius 1 is 1.38 bits per heavy atom. The average molecular weight is 290 g/mol. The molecule has 2 unspecified atom stereocenters. The molecule has 1 aromatic carbocycles. The molecule has 21 heavy (non-hydrogen) atoms. The van der Waals surface area contributed by atoms with Crippen LogP contribution in [0.15, 0.2) is 18.2 Å². The Morgan fingerprint density at radius 3 is 2.90 bits per heavy atom. The van der Waals surface area contributed by atoms with Crippen LogP contribution < -0.4 is 10.1 Å². The largest absolute Gasteiger partial charge is 0.493 e. The van der Waals surface area contributed by atoms with E-state index in [4.69, 9.17) is 4.74 Å². The van der Waals surface area contributed by atoms with Crippen LogP contribution in [-0.2, 0) is 4.79 Å². The van der Waals surface area contributed by atoms with Gasteiger partial charge >= 0.3 is 0 Å². The van der Waals surface area contributed by atoms with Gasteiger partial charge in [0.05, 0.1) is 13.0 Å². The molecule has 0 bridgehead atoms. The third kappa shape index (κ3) is 3.76. The van der Waals surface area contributed by atoms with Crippen molar-refractivity contribution in [2.75, 3.05) is 19.7 Å². The number of hydrogen-bond donors (Lipinski definition) is 1. The molecule has 0 saturated carbocycles. The molecule has 4 nitrogen and oxygen atoms in total. The molecular formula is C17H26N2O2. The number of nitrogens with zero attached hydrogens (tertiary/aromatic N) is 1. The lowest BCUT2D eigenvalue weighted by atomic mass is 10.1. The van der Waals surface area contributed by atoms with Crippen LogP contribution in [0.3, 0.4) is 0 Å². The molecule has 0 aromatic heterocycles. The van der Waals surface area contributed by atoms with Crippen molar-refractivity contribution in [1.29, 1.82) is 0 Å². The van der Waals surface area contributed by atoms with Gasteiger partial charge in [-0.1, -0.05) is 12.1 Å². The Kier molecular flexibility index (Phi) is 5.23. The predicted molar refractivity (Wildman–Crippen MR) is 84.7 cm³/mol. The molecule has 116 valence electrons. The minimum atomic E-state index is 0.182. The lowest BCUT2D eigenvalue weighted by Crippen LogP contribution is -2.57. The summed E-state index contributed by atoms with van der Waals surface area (Å²) < 4.78 is 5.78. The number of carbonyl (C=O) groups is 1. The molecule has 1 aliphatic heterocycles. The fourth-order valence-corrected chi connectivity index (χ4v) is 2.68. The van der Waals surface area contributed by atoms with E-state index in [1.165, 1.54) is 5.56 Å². The molecule has 4 heteroatoms. The maximum absolute atomic E-state index is 12.3. The third-order valence-electron chi connectivity index (χ3n) is 4.48. The van der Waals surface area contributed by atoms with Crippen LogP contribution in [0.2, 0.25) is 0 Å². The zero-order valence-electron chi connectivity index (χ0n) is 13.5. The second-order valence-corrected chi connectivity index (χ2v) is 5.87. The van der Waals surface area contributed by atoms with E-state index in [1.807, 2.05) is 24.0 Å². The van der Waals surface area contributed by atoms with Gasteiger partial charge in [-0.2, -0.15) is 0 Å². The summed E-state index contributed by atoms with van der Waals surface area (Å²) in [6.45, 7) is 10.4. The van der Waals surface area contributed by atoms with E-state index in [-0.39, 0.29) is 11.9 Å². The van der Waals surface area contributed by atoms with Gasteiger partial charge in [0.1, 0.15) is 5.75 Å². The molecule has 0 radical (unpaired) electrons. The van der Waals surface area contributed by atoms with Crippen molar-refractivity contribution >= 4 is 5.91 Å². The second-order valence-electron chi connectivity index (χ2n) is 5.87. The van der Waals surface area contributed by atoms with Crippen molar-refractivity contribution in [3.63, 3.8) is 0 Å². The first kappa shape index (κ1) is 15.8. The van der Waals surface area contributed by atoms with Crippen molar-refractivity contribution in [3.8, 4) is 5.75 Å². The first-order valence-corrected chi connectivity index (χ1v) is 7.72. The molecule has 0 spiro atoms. The van der Waals surface area contributed by atoms with Crippen molar-refractivity contribution in [1.82, 2.24) is 10.2 Å². The monoisotopic (exact) mass is 290 g/mol. The number of rotatable bonds is 4. The van der Waals surface area contributed by atoms with Crippen molar-refractivity contribution in [2.45, 2.75) is 46.2 Å². The number of ether oxygens (including phenoxy) is 1. The number of piperazine rings is 1. The summed E-state index contributed by atoms with van der Waals surface area (Å²) in [5, 5.41) is 3.39. The SMILES string of the molecule is Cc1cccc(OCCC(=O)N2CCNC(C)C2C)c1C. The van der Waals surface area contributed by atoms with Crippen LogP contribution in [0, 0.1) is 13.8 Å². The average Bonchev–Trinajstić information content (AvgIpc) is 2.46. The standard InChI is InChI=1S/C17H26N2O2/c1-12-6-5-7-16(13(12)2)21-11-8-17(20)19-10-9-18-14(3)15(19)4/h5-7,14-15,18H,8-11H2,1-4H3. The third-order valence-corrected chi connectivity index (χ3v) is 4.48. The van der Waals surface area contributed by atoms with E-state index < -0.39 is 0 Å². The maximum Gasteiger partial charge on any atom is 0.226 e. The van der Waals surface area contributed by atoms with E-state index in [9.17, 15) is 4.79 Å². The highest BCUT2D eigenvalue weighted by Gasteiger charge is 2.27. The highest BCUT2D eigenvalue weighted by molar-refractivity contribution is 5.76. The van der Waals surface area contributed by atoms with Crippen LogP contribution in [0.1, 0.15) is 31.4 Å². The van der Waals surface area contributed by atoms with Gasteiger partial charge in [-0.05, 0) is 44.9 Å². The number of hydrogen-bond acceptors (Lipinski definition) is 3. The Hall–Kier alpha value is -1.55. The Bertz CT molecular complexity index is 502. The summed E-state index contributed by atoms with van der Waals surface area (Å²) in [5.74, 6) is 1.06. The number of amides is 1. The van der Waals surface area contributed by atoms with Crippen molar-refractivity contribution < 1.29 is 9.53 Å². The highest BCUT2D eigenvalue weighted by atomic mass is 16.5. The fraction of sp³-hybridized carbons (Fsp3) is 0.588. The summed E-state index contributed by atoms with van der Waals surface area (Å²) >= 11 is 0. The lowest BCUT2D eigenvalue weighted by molar-refractivity contribution is -0.135. The van der Waals surface area contributed by atoms with Gasteiger partial charge in [-0.25, -0.2) is 0 Å². The molecule has 1 aliphatic rings. The first-order valence-electron chi connectivity index (χ1n) is 7.72. The predicted octanol–water partition coefficient (Wildman–Crippen LogP) is 2.28. The molecule has 1 heterocycles. The molecule has 2 rings (SSSR count). The topological polar surface area (TPSA) is 41.6 Å². The van der Waals surface area contributed by atoms with Crippen LogP contribution in [0.4, 0.5) is 0 Å². The molecule has 1 saturated heterocycles. The number of benzene rings is 1. The molecule has 1 fully saturated rings. The minimum Gasteiger partial charge on any atom is -0.493 e. The van der Waals surface area contributed by atoms with E-state index in [1.54, 1.807) is 0 Å². The zero-order valence-corrected chi connectivity index (χ0v) is 13.5. The van der Waals surface area contributed by atoms with Gasteiger partial charge in [-0.3, -0.25) is 4.79 Å². The summed E-state index contributed by atoms with van der Waals surface area (Å²) in [7, 11) is 0. The normalized spacial score (nSPS) is 22.2. The van der Waals surface area contributed by atoms with Crippen molar-refractivity contribution in [2.24, 2.45) is 0 Å². The number of carbonyl (C=O) groups excluding carboxylic acids is 1. The van der Waals surface area contributed by atoms with Crippen molar-refractivity contribution in [3.05, 3.63) is 29.3 Å². The Balaban J connectivity index is 1.85. The number of nitrogens with one attached hydrogen (secondary N) is 1. The van der Waals surface area contributed by atoms with Gasteiger partial charge < -0.3 is 15.0 Å². The van der Waals surface area contributed by atoms with E-state index >= 15 is 0 Å². The van der Waals surface area contributed by atoms with Gasteiger partial charge in [0.2, 0.25) is 5.91 Å². The summed E-state index contributed by atoms with van der Waals surface area (Å²) in [6, 6.07) is 6.61. The quantitative estimate of drug-likeness (QED) is 0.925. The maximum atomic E-state index is 12.3. The van der Waals surface area contributed by atoms with Gasteiger partial charge in [0.15, 0.2) is 0 Å². The molecule has 1 amide bonds. The van der Waals surface area contributed by atoms with Crippen LogP contribution in [-0.4, -0.2) is 42.6 Å². The second kappa shape index (κ2) is 6.94. The molecule has 0 aliphatic carbocycles. The van der Waals surface area contributed by atoms with Crippen LogP contribution in [0.25, 0.3) is 0 Å². The van der Waals surface area contributed by atoms with E-state index in [2.05, 4.69) is 32.2 Å². The van der Waals surface area contributed by atoms with E-state index in [0.29, 0.717) is 19.1 Å². The number of aryl methyl sites for hydroxylation is 1. The van der Waals surface area contributed by atoms with Gasteiger partial charge in [0, 0.05) is 25.2 Å². The van der Waals surface area contributed by atoms with E-state index in [0.717, 1.165) is 24.4 Å². The smallest absolute Gasteiger partial charge is 0.226 e. The minimum absolute atomic E-state index is 0.182. The Morgan fingerprint density at radius 2 is 2.14 bits per heavy atom. The summed E-state index contributed by atoms with van der Waals surface area (Å²) in [4.78, 5) is 14.3. The highest BCUT2D eigenvalue weighted by Crippen LogP contribution is 2.20. The summed E-state index contributed by atoms with van der Waals surface area (Å²) in [5.41, 5.74) is 2.36. The Labute approximate surface area is 127 Å². The lowest BCUT2D eigenvalue weighted by Gasteiger charge is -2.38. The van der Waals surface area contributed by atoms with Gasteiger partial charge in [0.25, 0.3) is 0 Å². The van der Waals surface area contributed by atoms with Gasteiger partial charge in [-0.15, -0.1) is 0 Å². The summed E-state index contributed by atoms with van der Waals surface area (Å²) in [6.07, 6.45) is 0.435. The fourth-order valence-electron chi connectivity index (χ4n) is 2.68. The zero-order chi connectivity index (χ0) is 15.4. The molecule has 2 atom stereocenters.